The van der Waals surface area contributed by atoms with E-state index < -0.39 is 5.97 Å². The van der Waals surface area contributed by atoms with Crippen LogP contribution < -0.4 is 0 Å². The normalized spacial score (nSPS) is 12.8. The third-order valence-electron chi connectivity index (χ3n) is 2.32. The maximum Gasteiger partial charge on any atom is 0.305 e. The molecule has 5 heteroatoms. The van der Waals surface area contributed by atoms with Crippen LogP contribution in [0.25, 0.3) is 0 Å². The maximum atomic E-state index is 10.8. The summed E-state index contributed by atoms with van der Waals surface area (Å²) in [5.41, 5.74) is 0.988. The molecule has 0 spiro atoms. The Morgan fingerprint density at radius 3 is 2.44 bits per heavy atom. The second kappa shape index (κ2) is 5.80. The Bertz CT molecular complexity index is 394. The third kappa shape index (κ3) is 3.57. The second-order valence-corrected chi connectivity index (χ2v) is 5.46. The molecule has 1 rings (SSSR count). The summed E-state index contributed by atoms with van der Waals surface area (Å²) in [5, 5.41) is 8.87. The highest BCUT2D eigenvalue weighted by Gasteiger charge is 2.18. The van der Waals surface area contributed by atoms with E-state index in [1.165, 1.54) is 0 Å². The Morgan fingerprint density at radius 1 is 1.38 bits per heavy atom. The van der Waals surface area contributed by atoms with Gasteiger partial charge in [0.05, 0.1) is 6.42 Å². The Kier molecular flexibility index (Phi) is 4.95. The van der Waals surface area contributed by atoms with Crippen LogP contribution in [0.15, 0.2) is 27.1 Å². The summed E-state index contributed by atoms with van der Waals surface area (Å²) in [7, 11) is 3.76. The molecule has 0 radical (unpaired) electrons. The average Bonchev–Trinajstić information content (AvgIpc) is 2.18. The molecular weight excluding hydrogens is 338 g/mol. The van der Waals surface area contributed by atoms with Crippen molar-refractivity contribution in [2.75, 3.05) is 14.1 Å². The van der Waals surface area contributed by atoms with E-state index in [9.17, 15) is 4.79 Å². The summed E-state index contributed by atoms with van der Waals surface area (Å²) in [4.78, 5) is 12.7. The van der Waals surface area contributed by atoms with Gasteiger partial charge < -0.3 is 10.0 Å². The van der Waals surface area contributed by atoms with Crippen molar-refractivity contribution in [2.24, 2.45) is 0 Å². The zero-order valence-corrected chi connectivity index (χ0v) is 12.2. The minimum atomic E-state index is -0.794. The molecule has 0 aliphatic heterocycles. The Hall–Kier alpha value is -0.390. The molecule has 0 aliphatic carbocycles. The van der Waals surface area contributed by atoms with Crippen molar-refractivity contribution in [3.63, 3.8) is 0 Å². The van der Waals surface area contributed by atoms with Crippen LogP contribution >= 0.6 is 31.9 Å². The van der Waals surface area contributed by atoms with Gasteiger partial charge in [0.15, 0.2) is 0 Å². The first-order valence-electron chi connectivity index (χ1n) is 4.75. The Morgan fingerprint density at radius 2 is 2.00 bits per heavy atom. The lowest BCUT2D eigenvalue weighted by Gasteiger charge is -2.23. The smallest absolute Gasteiger partial charge is 0.305 e. The van der Waals surface area contributed by atoms with Crippen molar-refractivity contribution >= 4 is 37.8 Å². The summed E-state index contributed by atoms with van der Waals surface area (Å²) < 4.78 is 1.89. The van der Waals surface area contributed by atoms with Gasteiger partial charge in [0.1, 0.15) is 0 Å². The van der Waals surface area contributed by atoms with Crippen molar-refractivity contribution in [3.8, 4) is 0 Å². The number of benzene rings is 1. The first kappa shape index (κ1) is 13.7. The van der Waals surface area contributed by atoms with Crippen LogP contribution in [0.4, 0.5) is 0 Å². The number of nitrogens with zero attached hydrogens (tertiary/aromatic N) is 1. The van der Waals surface area contributed by atoms with Crippen molar-refractivity contribution in [2.45, 2.75) is 12.5 Å². The van der Waals surface area contributed by atoms with Crippen LogP contribution in [-0.4, -0.2) is 30.1 Å². The zero-order chi connectivity index (χ0) is 12.3. The average molecular weight is 351 g/mol. The molecule has 1 unspecified atom stereocenters. The lowest BCUT2D eigenvalue weighted by molar-refractivity contribution is -0.138. The van der Waals surface area contributed by atoms with E-state index in [2.05, 4.69) is 31.9 Å². The van der Waals surface area contributed by atoms with E-state index in [1.807, 2.05) is 37.2 Å². The van der Waals surface area contributed by atoms with Crippen LogP contribution in [-0.2, 0) is 4.79 Å². The molecule has 0 saturated carbocycles. The van der Waals surface area contributed by atoms with E-state index in [4.69, 9.17) is 5.11 Å². The van der Waals surface area contributed by atoms with Crippen molar-refractivity contribution in [1.82, 2.24) is 4.90 Å². The van der Waals surface area contributed by atoms with Crippen LogP contribution in [0.3, 0.4) is 0 Å². The number of hydrogen-bond acceptors (Lipinski definition) is 2. The van der Waals surface area contributed by atoms with Crippen LogP contribution in [0.1, 0.15) is 18.0 Å². The summed E-state index contributed by atoms with van der Waals surface area (Å²) in [6.07, 6.45) is 0.0983. The summed E-state index contributed by atoms with van der Waals surface area (Å²) >= 11 is 6.81. The summed E-state index contributed by atoms with van der Waals surface area (Å²) in [5.74, 6) is -0.794. The molecule has 0 aromatic heterocycles. The summed E-state index contributed by atoms with van der Waals surface area (Å²) in [6.45, 7) is 0. The van der Waals surface area contributed by atoms with Gasteiger partial charge in [-0.25, -0.2) is 0 Å². The SMILES string of the molecule is CN(C)C(CC(=O)O)c1ccc(Br)c(Br)c1. The fourth-order valence-electron chi connectivity index (χ4n) is 1.48. The number of halogens is 2. The van der Waals surface area contributed by atoms with Gasteiger partial charge in [0.25, 0.3) is 0 Å². The van der Waals surface area contributed by atoms with Crippen LogP contribution in [0.5, 0.6) is 0 Å². The van der Waals surface area contributed by atoms with Gasteiger partial charge in [0, 0.05) is 15.0 Å². The predicted octanol–water partition coefficient (Wildman–Crippen LogP) is 3.29. The Balaban J connectivity index is 3.01. The first-order chi connectivity index (χ1) is 7.41. The van der Waals surface area contributed by atoms with E-state index in [0.29, 0.717) is 0 Å². The number of aliphatic carboxylic acids is 1. The van der Waals surface area contributed by atoms with Gasteiger partial charge in [0.2, 0.25) is 0 Å². The van der Waals surface area contributed by atoms with Gasteiger partial charge in [-0.2, -0.15) is 0 Å². The van der Waals surface area contributed by atoms with Gasteiger partial charge in [-0.15, -0.1) is 0 Å². The standard InChI is InChI=1S/C11H13Br2NO2/c1-14(2)10(6-11(15)16)7-3-4-8(12)9(13)5-7/h3-5,10H,6H2,1-2H3,(H,15,16). The topological polar surface area (TPSA) is 40.5 Å². The number of carbonyl (C=O) groups is 1. The highest BCUT2D eigenvalue weighted by molar-refractivity contribution is 9.13. The van der Waals surface area contributed by atoms with Crippen molar-refractivity contribution < 1.29 is 9.90 Å². The van der Waals surface area contributed by atoms with Gasteiger partial charge in [-0.3, -0.25) is 4.79 Å². The third-order valence-corrected chi connectivity index (χ3v) is 4.20. The molecule has 1 N–H and O–H groups in total. The fourth-order valence-corrected chi connectivity index (χ4v) is 2.13. The molecule has 0 bridgehead atoms. The molecule has 88 valence electrons. The minimum Gasteiger partial charge on any atom is -0.481 e. The number of hydrogen-bond donors (Lipinski definition) is 1. The maximum absolute atomic E-state index is 10.8. The first-order valence-corrected chi connectivity index (χ1v) is 6.33. The molecule has 16 heavy (non-hydrogen) atoms. The highest BCUT2D eigenvalue weighted by Crippen LogP contribution is 2.29. The van der Waals surface area contributed by atoms with Gasteiger partial charge >= 0.3 is 5.97 Å². The van der Waals surface area contributed by atoms with E-state index in [0.717, 1.165) is 14.5 Å². The van der Waals surface area contributed by atoms with E-state index >= 15 is 0 Å². The van der Waals surface area contributed by atoms with Gasteiger partial charge in [-0.1, -0.05) is 6.07 Å². The van der Waals surface area contributed by atoms with E-state index in [-0.39, 0.29) is 12.5 Å². The molecule has 1 aromatic carbocycles. The van der Waals surface area contributed by atoms with Crippen molar-refractivity contribution in [3.05, 3.63) is 32.7 Å². The monoisotopic (exact) mass is 349 g/mol. The molecule has 0 amide bonds. The molecule has 3 nitrogen and oxygen atoms in total. The number of carboxylic acids is 1. The largest absolute Gasteiger partial charge is 0.481 e. The molecular formula is C11H13Br2NO2. The quantitative estimate of drug-likeness (QED) is 0.905. The fraction of sp³-hybridized carbons (Fsp3) is 0.364. The minimum absolute atomic E-state index is 0.0983. The van der Waals surface area contributed by atoms with Crippen LogP contribution in [0, 0.1) is 0 Å². The molecule has 0 fully saturated rings. The Labute approximate surface area is 112 Å². The van der Waals surface area contributed by atoms with E-state index in [1.54, 1.807) is 0 Å². The predicted molar refractivity (Wildman–Crippen MR) is 70.5 cm³/mol. The molecule has 0 heterocycles. The summed E-state index contributed by atoms with van der Waals surface area (Å²) in [6, 6.07) is 5.68. The van der Waals surface area contributed by atoms with Crippen molar-refractivity contribution in [1.29, 1.82) is 0 Å². The molecule has 0 aliphatic rings. The highest BCUT2D eigenvalue weighted by atomic mass is 79.9. The number of carboxylic acid groups (broad SMARTS) is 1. The molecule has 1 aromatic rings. The molecule has 0 saturated heterocycles. The second-order valence-electron chi connectivity index (χ2n) is 3.75. The number of rotatable bonds is 4. The molecule has 1 atom stereocenters. The van der Waals surface area contributed by atoms with Crippen LogP contribution in [0.2, 0.25) is 0 Å². The lowest BCUT2D eigenvalue weighted by Crippen LogP contribution is -2.22. The zero-order valence-electron chi connectivity index (χ0n) is 9.08. The van der Waals surface area contributed by atoms with Gasteiger partial charge in [-0.05, 0) is 63.7 Å². The lowest BCUT2D eigenvalue weighted by atomic mass is 10.0.